The third-order valence-electron chi connectivity index (χ3n) is 3.00. The maximum absolute atomic E-state index is 12.2. The third kappa shape index (κ3) is 5.76. The lowest BCUT2D eigenvalue weighted by molar-refractivity contribution is -0.116. The highest BCUT2D eigenvalue weighted by Crippen LogP contribution is 2.22. The monoisotopic (exact) mass is 387 g/mol. The van der Waals surface area contributed by atoms with Crippen LogP contribution in [0.3, 0.4) is 0 Å². The molecule has 6 nitrogen and oxygen atoms in total. The van der Waals surface area contributed by atoms with Gasteiger partial charge in [0.25, 0.3) is 0 Å². The second-order valence-electron chi connectivity index (χ2n) is 5.06. The molecule has 2 rings (SSSR count). The normalized spacial score (nSPS) is 11.5. The minimum atomic E-state index is -3.59. The molecule has 0 spiro atoms. The van der Waals surface area contributed by atoms with E-state index < -0.39 is 15.9 Å². The highest BCUT2D eigenvalue weighted by atomic mass is 35.5. The first kappa shape index (κ1) is 18.7. The van der Waals surface area contributed by atoms with Gasteiger partial charge in [0.2, 0.25) is 15.9 Å². The second kappa shape index (κ2) is 7.94. The molecular weight excluding hydrogens is 373 g/mol. The summed E-state index contributed by atoms with van der Waals surface area (Å²) >= 11 is 11.7. The molecule has 9 heteroatoms. The van der Waals surface area contributed by atoms with Gasteiger partial charge in [-0.05, 0) is 30.3 Å². The summed E-state index contributed by atoms with van der Waals surface area (Å²) < 4.78 is 24.9. The predicted molar refractivity (Wildman–Crippen MR) is 94.6 cm³/mol. The fourth-order valence-electron chi connectivity index (χ4n) is 1.95. The van der Waals surface area contributed by atoms with Gasteiger partial charge < -0.3 is 5.32 Å². The van der Waals surface area contributed by atoms with Gasteiger partial charge in [0.05, 0.1) is 25.0 Å². The Morgan fingerprint density at radius 3 is 2.42 bits per heavy atom. The molecule has 0 aliphatic heterocycles. The summed E-state index contributed by atoms with van der Waals surface area (Å²) in [4.78, 5) is 16.2. The van der Waals surface area contributed by atoms with Crippen LogP contribution in [-0.2, 0) is 21.4 Å². The number of carbonyl (C=O) groups is 1. The molecule has 1 heterocycles. The van der Waals surface area contributed by atoms with E-state index in [0.717, 1.165) is 10.6 Å². The van der Waals surface area contributed by atoms with Gasteiger partial charge in [-0.3, -0.25) is 9.78 Å². The van der Waals surface area contributed by atoms with Crippen LogP contribution >= 0.6 is 23.2 Å². The van der Waals surface area contributed by atoms with Crippen LogP contribution in [-0.4, -0.2) is 36.4 Å². The Kier molecular flexibility index (Phi) is 6.17. The Morgan fingerprint density at radius 2 is 1.88 bits per heavy atom. The fraction of sp³-hybridized carbons (Fsp3) is 0.200. The number of aromatic nitrogens is 1. The first-order valence-corrected chi connectivity index (χ1v) is 9.45. The molecule has 0 atom stereocenters. The van der Waals surface area contributed by atoms with E-state index in [4.69, 9.17) is 23.2 Å². The average Bonchev–Trinajstić information content (AvgIpc) is 2.45. The number of nitrogens with one attached hydrogen (secondary N) is 1. The highest BCUT2D eigenvalue weighted by Gasteiger charge is 2.21. The van der Waals surface area contributed by atoms with E-state index in [1.54, 1.807) is 24.4 Å². The number of pyridine rings is 1. The smallest absolute Gasteiger partial charge is 0.239 e. The molecule has 128 valence electrons. The molecule has 1 aromatic carbocycles. The van der Waals surface area contributed by atoms with Gasteiger partial charge >= 0.3 is 0 Å². The van der Waals surface area contributed by atoms with Gasteiger partial charge in [-0.25, -0.2) is 8.42 Å². The zero-order valence-electron chi connectivity index (χ0n) is 12.7. The maximum atomic E-state index is 12.2. The Morgan fingerprint density at radius 1 is 1.21 bits per heavy atom. The van der Waals surface area contributed by atoms with Crippen molar-refractivity contribution in [1.29, 1.82) is 0 Å². The van der Waals surface area contributed by atoms with Gasteiger partial charge in [0.1, 0.15) is 0 Å². The van der Waals surface area contributed by atoms with E-state index in [1.807, 2.05) is 0 Å². The number of halogens is 2. The first-order valence-electron chi connectivity index (χ1n) is 6.85. The number of anilines is 1. The van der Waals surface area contributed by atoms with Crippen LogP contribution in [0.15, 0.2) is 42.6 Å². The van der Waals surface area contributed by atoms with E-state index in [-0.39, 0.29) is 13.1 Å². The van der Waals surface area contributed by atoms with Crippen molar-refractivity contribution in [3.63, 3.8) is 0 Å². The van der Waals surface area contributed by atoms with Crippen molar-refractivity contribution in [3.05, 3.63) is 58.3 Å². The zero-order chi connectivity index (χ0) is 17.7. The van der Waals surface area contributed by atoms with Gasteiger partial charge in [-0.2, -0.15) is 4.31 Å². The lowest BCUT2D eigenvalue weighted by atomic mass is 10.3. The van der Waals surface area contributed by atoms with Crippen molar-refractivity contribution < 1.29 is 13.2 Å². The topological polar surface area (TPSA) is 79.4 Å². The molecule has 0 radical (unpaired) electrons. The molecule has 0 saturated carbocycles. The number of amides is 1. The molecule has 0 saturated heterocycles. The number of sulfonamides is 1. The second-order valence-corrected chi connectivity index (χ2v) is 7.91. The quantitative estimate of drug-likeness (QED) is 0.826. The van der Waals surface area contributed by atoms with Gasteiger partial charge in [-0.1, -0.05) is 29.3 Å². The Balaban J connectivity index is 2.10. The number of benzene rings is 1. The Hall–Kier alpha value is -1.67. The lowest BCUT2D eigenvalue weighted by Gasteiger charge is -2.19. The summed E-state index contributed by atoms with van der Waals surface area (Å²) in [5.74, 6) is -0.505. The van der Waals surface area contributed by atoms with Crippen LogP contribution in [0, 0.1) is 0 Å². The zero-order valence-corrected chi connectivity index (χ0v) is 15.1. The van der Waals surface area contributed by atoms with Crippen molar-refractivity contribution in [1.82, 2.24) is 9.29 Å². The van der Waals surface area contributed by atoms with E-state index in [0.29, 0.717) is 21.4 Å². The molecule has 2 aromatic rings. The summed E-state index contributed by atoms with van der Waals surface area (Å²) in [6.45, 7) is -0.344. The number of hydrogen-bond donors (Lipinski definition) is 1. The van der Waals surface area contributed by atoms with E-state index in [2.05, 4.69) is 10.3 Å². The van der Waals surface area contributed by atoms with E-state index in [9.17, 15) is 13.2 Å². The predicted octanol–water partition coefficient (Wildman–Crippen LogP) is 2.79. The van der Waals surface area contributed by atoms with Gasteiger partial charge in [0.15, 0.2) is 0 Å². The fourth-order valence-corrected chi connectivity index (χ4v) is 3.19. The summed E-state index contributed by atoms with van der Waals surface area (Å²) in [7, 11) is -3.59. The largest absolute Gasteiger partial charge is 0.325 e. The summed E-state index contributed by atoms with van der Waals surface area (Å²) in [6, 6.07) is 9.74. The number of hydrogen-bond acceptors (Lipinski definition) is 4. The maximum Gasteiger partial charge on any atom is 0.239 e. The summed E-state index contributed by atoms with van der Waals surface area (Å²) in [5, 5.41) is 3.31. The average molecular weight is 388 g/mol. The first-order chi connectivity index (χ1) is 11.2. The van der Waals surface area contributed by atoms with Crippen LogP contribution in [0.1, 0.15) is 5.69 Å². The van der Waals surface area contributed by atoms with Crippen LogP contribution in [0.5, 0.6) is 0 Å². The highest BCUT2D eigenvalue weighted by molar-refractivity contribution is 7.88. The van der Waals surface area contributed by atoms with Crippen molar-refractivity contribution in [2.24, 2.45) is 0 Å². The summed E-state index contributed by atoms with van der Waals surface area (Å²) in [6.07, 6.45) is 2.60. The molecule has 1 amide bonds. The molecule has 0 fully saturated rings. The van der Waals surface area contributed by atoms with Crippen LogP contribution in [0.4, 0.5) is 5.69 Å². The molecule has 1 N–H and O–H groups in total. The molecule has 1 aromatic heterocycles. The van der Waals surface area contributed by atoms with Crippen molar-refractivity contribution in [2.75, 3.05) is 18.1 Å². The Bertz CT molecular complexity index is 809. The Labute approximate surface area is 150 Å². The van der Waals surface area contributed by atoms with E-state index in [1.165, 1.54) is 18.2 Å². The van der Waals surface area contributed by atoms with Gasteiger partial charge in [0, 0.05) is 21.9 Å². The minimum absolute atomic E-state index is 0.00337. The molecule has 0 aliphatic carbocycles. The van der Waals surface area contributed by atoms with Crippen LogP contribution < -0.4 is 5.32 Å². The standard InChI is InChI=1S/C15H15Cl2N3O3S/c1-24(22,23)20(9-13-4-2-3-5-18-13)10-15(21)19-14-7-11(16)6-12(17)8-14/h2-8H,9-10H2,1H3,(H,19,21). The molecule has 0 aliphatic rings. The van der Waals surface area contributed by atoms with E-state index >= 15 is 0 Å². The van der Waals surface area contributed by atoms with Crippen molar-refractivity contribution >= 4 is 44.8 Å². The summed E-state index contributed by atoms with van der Waals surface area (Å²) in [5.41, 5.74) is 0.935. The molecule has 0 bridgehead atoms. The van der Waals surface area contributed by atoms with Gasteiger partial charge in [-0.15, -0.1) is 0 Å². The van der Waals surface area contributed by atoms with Crippen LogP contribution in [0.2, 0.25) is 10.0 Å². The molecular formula is C15H15Cl2N3O3S. The molecule has 0 unspecified atom stereocenters. The SMILES string of the molecule is CS(=O)(=O)N(CC(=O)Nc1cc(Cl)cc(Cl)c1)Cc1ccccn1. The lowest BCUT2D eigenvalue weighted by Crippen LogP contribution is -2.37. The van der Waals surface area contributed by atoms with Crippen molar-refractivity contribution in [3.8, 4) is 0 Å². The number of carbonyl (C=O) groups excluding carboxylic acids is 1. The minimum Gasteiger partial charge on any atom is -0.325 e. The van der Waals surface area contributed by atoms with Crippen LogP contribution in [0.25, 0.3) is 0 Å². The number of nitrogens with zero attached hydrogens (tertiary/aromatic N) is 2. The molecule has 24 heavy (non-hydrogen) atoms. The number of rotatable bonds is 6. The third-order valence-corrected chi connectivity index (χ3v) is 4.63. The van der Waals surface area contributed by atoms with Crippen molar-refractivity contribution in [2.45, 2.75) is 6.54 Å².